The van der Waals surface area contributed by atoms with Crippen LogP contribution in [0.1, 0.15) is 45.6 Å². The predicted molar refractivity (Wildman–Crippen MR) is 77.2 cm³/mol. The van der Waals surface area contributed by atoms with Gasteiger partial charge in [0.1, 0.15) is 5.75 Å². The van der Waals surface area contributed by atoms with Crippen LogP contribution < -0.4 is 0 Å². The molecule has 1 unspecified atom stereocenters. The van der Waals surface area contributed by atoms with Crippen molar-refractivity contribution in [3.8, 4) is 5.75 Å². The van der Waals surface area contributed by atoms with Crippen LogP contribution in [0.15, 0.2) is 29.8 Å². The summed E-state index contributed by atoms with van der Waals surface area (Å²) in [6.45, 7) is 6.61. The molecule has 0 aliphatic heterocycles. The van der Waals surface area contributed by atoms with Crippen molar-refractivity contribution in [2.24, 2.45) is 5.92 Å². The molecule has 0 amide bonds. The van der Waals surface area contributed by atoms with Crippen molar-refractivity contribution in [3.05, 3.63) is 40.4 Å². The molecule has 0 fully saturated rings. The van der Waals surface area contributed by atoms with Crippen LogP contribution in [-0.2, 0) is 5.41 Å². The zero-order chi connectivity index (χ0) is 13.3. The molecule has 98 valence electrons. The fraction of sp³-hybridized carbons (Fsp3) is 0.500. The van der Waals surface area contributed by atoms with E-state index in [1.165, 1.54) is 12.0 Å². The summed E-state index contributed by atoms with van der Waals surface area (Å²) in [6.07, 6.45) is 5.75. The average Bonchev–Trinajstić information content (AvgIpc) is 2.32. The molecule has 0 bridgehead atoms. The third kappa shape index (κ3) is 2.56. The molecule has 1 atom stereocenters. The molecule has 0 saturated heterocycles. The van der Waals surface area contributed by atoms with Crippen molar-refractivity contribution in [2.75, 3.05) is 0 Å². The van der Waals surface area contributed by atoms with E-state index in [9.17, 15) is 5.11 Å². The van der Waals surface area contributed by atoms with Gasteiger partial charge >= 0.3 is 0 Å². The second-order valence-corrected chi connectivity index (χ2v) is 6.35. The highest BCUT2D eigenvalue weighted by Gasteiger charge is 2.34. The molecular weight excluding hydrogens is 244 g/mol. The number of aromatic hydroxyl groups is 1. The Morgan fingerprint density at radius 2 is 2.06 bits per heavy atom. The van der Waals surface area contributed by atoms with Gasteiger partial charge in [0.05, 0.1) is 0 Å². The van der Waals surface area contributed by atoms with Crippen LogP contribution in [0.3, 0.4) is 0 Å². The Morgan fingerprint density at radius 3 is 2.72 bits per heavy atom. The fourth-order valence-electron chi connectivity index (χ4n) is 2.97. The second kappa shape index (κ2) is 4.97. The highest BCUT2D eigenvalue weighted by molar-refractivity contribution is 6.30. The molecule has 1 N–H and O–H groups in total. The molecule has 2 heteroatoms. The smallest absolute Gasteiger partial charge is 0.119 e. The van der Waals surface area contributed by atoms with Gasteiger partial charge in [-0.25, -0.2) is 0 Å². The maximum atomic E-state index is 10.1. The Balaban J connectivity index is 2.35. The Morgan fingerprint density at radius 1 is 1.33 bits per heavy atom. The van der Waals surface area contributed by atoms with Gasteiger partial charge in [0.2, 0.25) is 0 Å². The maximum absolute atomic E-state index is 10.1. The molecule has 1 nitrogen and oxygen atoms in total. The van der Waals surface area contributed by atoms with Crippen molar-refractivity contribution >= 4 is 11.6 Å². The topological polar surface area (TPSA) is 20.2 Å². The van der Waals surface area contributed by atoms with Crippen LogP contribution in [-0.4, -0.2) is 5.11 Å². The van der Waals surface area contributed by atoms with E-state index in [0.717, 1.165) is 18.4 Å². The Bertz CT molecular complexity index is 474. The SMILES string of the molecule is CC1=CCCC(C(C)(C)c2cc(Cl)ccc2O)C1. The third-order valence-corrected chi connectivity index (χ3v) is 4.48. The number of rotatable bonds is 2. The van der Waals surface area contributed by atoms with Gasteiger partial charge in [0, 0.05) is 10.6 Å². The Labute approximate surface area is 114 Å². The lowest BCUT2D eigenvalue weighted by molar-refractivity contribution is 0.280. The summed E-state index contributed by atoms with van der Waals surface area (Å²) in [6, 6.07) is 5.35. The normalized spacial score (nSPS) is 20.7. The monoisotopic (exact) mass is 264 g/mol. The minimum Gasteiger partial charge on any atom is -0.508 e. The third-order valence-electron chi connectivity index (χ3n) is 4.25. The van der Waals surface area contributed by atoms with Crippen molar-refractivity contribution in [1.82, 2.24) is 0 Å². The standard InChI is InChI=1S/C16H21ClO/c1-11-5-4-6-12(9-11)16(2,3)14-10-13(17)7-8-15(14)18/h5,7-8,10,12,18H,4,6,9H2,1-3H3. The van der Waals surface area contributed by atoms with Gasteiger partial charge in [-0.2, -0.15) is 0 Å². The second-order valence-electron chi connectivity index (χ2n) is 5.91. The number of phenolic OH excluding ortho intramolecular Hbond substituents is 1. The van der Waals surface area contributed by atoms with Crippen molar-refractivity contribution in [3.63, 3.8) is 0 Å². The molecule has 1 aromatic carbocycles. The van der Waals surface area contributed by atoms with Crippen LogP contribution in [0.5, 0.6) is 5.75 Å². The molecule has 2 rings (SSSR count). The Kier molecular flexibility index (Phi) is 3.72. The summed E-state index contributed by atoms with van der Waals surface area (Å²) in [7, 11) is 0. The highest BCUT2D eigenvalue weighted by Crippen LogP contribution is 2.44. The Hall–Kier alpha value is -0.950. The molecule has 0 heterocycles. The zero-order valence-corrected chi connectivity index (χ0v) is 12.1. The molecule has 0 aromatic heterocycles. The maximum Gasteiger partial charge on any atom is 0.119 e. The van der Waals surface area contributed by atoms with Crippen LogP contribution in [0.25, 0.3) is 0 Å². The van der Waals surface area contributed by atoms with Crippen LogP contribution in [0.2, 0.25) is 5.02 Å². The molecule has 1 aliphatic carbocycles. The quantitative estimate of drug-likeness (QED) is 0.740. The highest BCUT2D eigenvalue weighted by atomic mass is 35.5. The van der Waals surface area contributed by atoms with Gasteiger partial charge in [-0.1, -0.05) is 37.1 Å². The number of hydrogen-bond acceptors (Lipinski definition) is 1. The molecule has 0 saturated carbocycles. The van der Waals surface area contributed by atoms with E-state index in [1.54, 1.807) is 12.1 Å². The van der Waals surface area contributed by atoms with E-state index >= 15 is 0 Å². The number of benzene rings is 1. The molecule has 1 aliphatic rings. The van der Waals surface area contributed by atoms with Crippen LogP contribution in [0.4, 0.5) is 0 Å². The van der Waals surface area contributed by atoms with Crippen molar-refractivity contribution < 1.29 is 5.11 Å². The van der Waals surface area contributed by atoms with Gasteiger partial charge in [0.15, 0.2) is 0 Å². The van der Waals surface area contributed by atoms with E-state index < -0.39 is 0 Å². The largest absolute Gasteiger partial charge is 0.508 e. The van der Waals surface area contributed by atoms with Gasteiger partial charge in [0.25, 0.3) is 0 Å². The fourth-order valence-corrected chi connectivity index (χ4v) is 3.14. The predicted octanol–water partition coefficient (Wildman–Crippen LogP) is 5.07. The van der Waals surface area contributed by atoms with Gasteiger partial charge in [-0.05, 0) is 55.7 Å². The van der Waals surface area contributed by atoms with Crippen LogP contribution >= 0.6 is 11.6 Å². The van der Waals surface area contributed by atoms with Gasteiger partial charge in [-0.15, -0.1) is 0 Å². The molecule has 0 spiro atoms. The lowest BCUT2D eigenvalue weighted by Crippen LogP contribution is -2.30. The number of hydrogen-bond donors (Lipinski definition) is 1. The summed E-state index contributed by atoms with van der Waals surface area (Å²) in [5, 5.41) is 10.8. The van der Waals surface area contributed by atoms with E-state index in [-0.39, 0.29) is 5.41 Å². The first-order valence-corrected chi connectivity index (χ1v) is 6.93. The lowest BCUT2D eigenvalue weighted by Gasteiger charge is -2.37. The molecular formula is C16H21ClO. The number of halogens is 1. The summed E-state index contributed by atoms with van der Waals surface area (Å²) >= 11 is 6.07. The summed E-state index contributed by atoms with van der Waals surface area (Å²) in [5.41, 5.74) is 2.38. The molecule has 0 radical (unpaired) electrons. The first-order chi connectivity index (χ1) is 8.41. The molecule has 18 heavy (non-hydrogen) atoms. The first-order valence-electron chi connectivity index (χ1n) is 6.56. The van der Waals surface area contributed by atoms with Crippen molar-refractivity contribution in [2.45, 2.75) is 45.4 Å². The van der Waals surface area contributed by atoms with E-state index in [1.807, 2.05) is 6.07 Å². The van der Waals surface area contributed by atoms with E-state index in [0.29, 0.717) is 16.7 Å². The summed E-state index contributed by atoms with van der Waals surface area (Å²) in [5.74, 6) is 0.920. The minimum absolute atomic E-state index is 0.0511. The lowest BCUT2D eigenvalue weighted by atomic mass is 9.67. The zero-order valence-electron chi connectivity index (χ0n) is 11.3. The van der Waals surface area contributed by atoms with Gasteiger partial charge in [-0.3, -0.25) is 0 Å². The average molecular weight is 265 g/mol. The number of phenols is 1. The van der Waals surface area contributed by atoms with E-state index in [4.69, 9.17) is 11.6 Å². The summed E-state index contributed by atoms with van der Waals surface area (Å²) < 4.78 is 0. The minimum atomic E-state index is -0.0511. The number of allylic oxidation sites excluding steroid dienone is 2. The van der Waals surface area contributed by atoms with Crippen molar-refractivity contribution in [1.29, 1.82) is 0 Å². The van der Waals surface area contributed by atoms with Crippen LogP contribution in [0, 0.1) is 5.92 Å². The van der Waals surface area contributed by atoms with E-state index in [2.05, 4.69) is 26.8 Å². The molecule has 1 aromatic rings. The summed E-state index contributed by atoms with van der Waals surface area (Å²) in [4.78, 5) is 0. The first kappa shape index (κ1) is 13.5. The van der Waals surface area contributed by atoms with Gasteiger partial charge < -0.3 is 5.11 Å².